The molecule has 242 valence electrons. The fourth-order valence-corrected chi connectivity index (χ4v) is 5.01. The normalized spacial score (nSPS) is 21.5. The van der Waals surface area contributed by atoms with Crippen molar-refractivity contribution in [1.82, 2.24) is 0 Å². The quantitative estimate of drug-likeness (QED) is 0.105. The average Bonchev–Trinajstić information content (AvgIpc) is 3.20. The molecule has 0 unspecified atom stereocenters. The summed E-state index contributed by atoms with van der Waals surface area (Å²) in [5.41, 5.74) is -0.848. The smallest absolute Gasteiger partial charge is 0.416 e. The number of hydrogen-bond acceptors (Lipinski definition) is 7. The number of hydrogen-bond donors (Lipinski definition) is 2. The molecule has 0 heterocycles. The lowest BCUT2D eigenvalue weighted by Gasteiger charge is -2.21. The topological polar surface area (TPSA) is 102 Å². The van der Waals surface area contributed by atoms with Gasteiger partial charge in [0.1, 0.15) is 12.4 Å². The van der Waals surface area contributed by atoms with Gasteiger partial charge < -0.3 is 24.4 Å². The van der Waals surface area contributed by atoms with Gasteiger partial charge >= 0.3 is 18.1 Å². The van der Waals surface area contributed by atoms with Crippen LogP contribution in [-0.2, 0) is 25.2 Å². The number of unbranched alkanes of at least 4 members (excludes halogenated alkanes) is 4. The van der Waals surface area contributed by atoms with Gasteiger partial charge in [-0.1, -0.05) is 50.5 Å². The maximum atomic E-state index is 13.1. The molecule has 0 bridgehead atoms. The molecule has 10 heteroatoms. The summed E-state index contributed by atoms with van der Waals surface area (Å²) in [4.78, 5) is 24.2. The van der Waals surface area contributed by atoms with Crippen LogP contribution in [0.25, 0.3) is 0 Å². The molecular formula is C33H47F3O7. The van der Waals surface area contributed by atoms with Gasteiger partial charge in [-0.25, -0.2) is 0 Å². The molecule has 2 rings (SSSR count). The van der Waals surface area contributed by atoms with E-state index in [1.54, 1.807) is 26.0 Å². The molecule has 1 aliphatic carbocycles. The number of rotatable bonds is 18. The van der Waals surface area contributed by atoms with Crippen LogP contribution in [0.15, 0.2) is 48.6 Å². The van der Waals surface area contributed by atoms with E-state index in [0.29, 0.717) is 32.1 Å². The third kappa shape index (κ3) is 14.0. The zero-order valence-corrected chi connectivity index (χ0v) is 25.4. The summed E-state index contributed by atoms with van der Waals surface area (Å²) >= 11 is 0. The Balaban J connectivity index is 2.04. The van der Waals surface area contributed by atoms with Crippen molar-refractivity contribution < 1.29 is 47.2 Å². The number of aliphatic hydroxyl groups is 2. The Labute approximate surface area is 253 Å². The lowest BCUT2D eigenvalue weighted by molar-refractivity contribution is -0.148. The number of carbonyl (C=O) groups excluding carboxylic acids is 2. The van der Waals surface area contributed by atoms with E-state index in [9.17, 15) is 33.0 Å². The Kier molecular flexibility index (Phi) is 15.8. The van der Waals surface area contributed by atoms with Crippen molar-refractivity contribution in [2.45, 2.75) is 116 Å². The highest BCUT2D eigenvalue weighted by Gasteiger charge is 2.39. The Hall–Kier alpha value is -2.85. The van der Waals surface area contributed by atoms with E-state index in [1.165, 1.54) is 12.1 Å². The van der Waals surface area contributed by atoms with Crippen molar-refractivity contribution in [1.29, 1.82) is 0 Å². The number of carbonyl (C=O) groups is 2. The third-order valence-electron chi connectivity index (χ3n) is 7.25. The van der Waals surface area contributed by atoms with Crippen molar-refractivity contribution in [3.63, 3.8) is 0 Å². The first-order chi connectivity index (χ1) is 20.4. The molecule has 0 aromatic heterocycles. The van der Waals surface area contributed by atoms with Gasteiger partial charge in [-0.3, -0.25) is 9.59 Å². The van der Waals surface area contributed by atoms with Crippen LogP contribution in [0.4, 0.5) is 13.2 Å². The second-order valence-corrected chi connectivity index (χ2v) is 11.3. The Morgan fingerprint density at radius 1 is 1.00 bits per heavy atom. The van der Waals surface area contributed by atoms with E-state index in [1.807, 2.05) is 12.2 Å². The van der Waals surface area contributed by atoms with Crippen molar-refractivity contribution in [2.75, 3.05) is 6.61 Å². The van der Waals surface area contributed by atoms with E-state index in [2.05, 4.69) is 6.92 Å². The van der Waals surface area contributed by atoms with Crippen LogP contribution in [0.1, 0.15) is 90.5 Å². The second kappa shape index (κ2) is 18.7. The van der Waals surface area contributed by atoms with Gasteiger partial charge in [0, 0.05) is 25.2 Å². The number of benzene rings is 1. The number of alkyl halides is 3. The van der Waals surface area contributed by atoms with E-state index in [0.717, 1.165) is 31.4 Å². The van der Waals surface area contributed by atoms with Crippen LogP contribution in [0.5, 0.6) is 5.75 Å². The molecule has 0 saturated heterocycles. The fourth-order valence-electron chi connectivity index (χ4n) is 5.01. The summed E-state index contributed by atoms with van der Waals surface area (Å²) in [6.07, 6.45) is 6.10. The number of esters is 2. The third-order valence-corrected chi connectivity index (χ3v) is 7.25. The minimum absolute atomic E-state index is 0.0102. The molecule has 1 fully saturated rings. The number of allylic oxidation sites excluding steroid dienone is 2. The molecule has 0 aliphatic heterocycles. The molecule has 0 amide bonds. The highest BCUT2D eigenvalue weighted by molar-refractivity contribution is 5.70. The molecule has 1 aromatic carbocycles. The van der Waals surface area contributed by atoms with Crippen LogP contribution in [0.3, 0.4) is 0 Å². The van der Waals surface area contributed by atoms with Gasteiger partial charge in [0.25, 0.3) is 0 Å². The molecule has 1 aromatic rings. The summed E-state index contributed by atoms with van der Waals surface area (Å²) in [6.45, 7) is 5.45. The number of ether oxygens (including phenoxy) is 3. The van der Waals surface area contributed by atoms with Gasteiger partial charge in [-0.2, -0.15) is 13.2 Å². The highest BCUT2D eigenvalue weighted by Crippen LogP contribution is 2.36. The summed E-state index contributed by atoms with van der Waals surface area (Å²) in [7, 11) is 0. The summed E-state index contributed by atoms with van der Waals surface area (Å²) in [6, 6.07) is 4.48. The van der Waals surface area contributed by atoms with Crippen LogP contribution < -0.4 is 4.74 Å². The van der Waals surface area contributed by atoms with Gasteiger partial charge in [0.15, 0.2) is 6.10 Å². The minimum atomic E-state index is -4.52. The van der Waals surface area contributed by atoms with E-state index in [-0.39, 0.29) is 43.2 Å². The van der Waals surface area contributed by atoms with Crippen molar-refractivity contribution in [3.8, 4) is 5.75 Å². The molecule has 7 nitrogen and oxygen atoms in total. The molecule has 1 aliphatic rings. The Bertz CT molecular complexity index is 1040. The predicted octanol–water partition coefficient (Wildman–Crippen LogP) is 6.95. The van der Waals surface area contributed by atoms with E-state index in [4.69, 9.17) is 14.2 Å². The Morgan fingerprint density at radius 2 is 1.72 bits per heavy atom. The van der Waals surface area contributed by atoms with Gasteiger partial charge in [0.2, 0.25) is 0 Å². The minimum Gasteiger partial charge on any atom is -0.489 e. The van der Waals surface area contributed by atoms with Crippen LogP contribution in [-0.4, -0.2) is 53.2 Å². The fraction of sp³-hybridized carbons (Fsp3) is 0.636. The second-order valence-electron chi connectivity index (χ2n) is 11.3. The molecule has 5 atom stereocenters. The first-order valence-electron chi connectivity index (χ1n) is 15.3. The number of halogens is 3. The van der Waals surface area contributed by atoms with Crippen molar-refractivity contribution in [3.05, 3.63) is 54.1 Å². The lowest BCUT2D eigenvalue weighted by Crippen LogP contribution is -2.25. The maximum Gasteiger partial charge on any atom is 0.416 e. The summed E-state index contributed by atoms with van der Waals surface area (Å²) < 4.78 is 55.7. The summed E-state index contributed by atoms with van der Waals surface area (Å²) in [5.74, 6) is -1.41. The molecule has 43 heavy (non-hydrogen) atoms. The number of aliphatic hydroxyl groups excluding tert-OH is 2. The van der Waals surface area contributed by atoms with E-state index < -0.39 is 41.9 Å². The Morgan fingerprint density at radius 3 is 2.42 bits per heavy atom. The van der Waals surface area contributed by atoms with Crippen molar-refractivity contribution in [2.24, 2.45) is 11.8 Å². The summed E-state index contributed by atoms with van der Waals surface area (Å²) in [5, 5.41) is 21.2. The predicted molar refractivity (Wildman–Crippen MR) is 157 cm³/mol. The molecular weight excluding hydrogens is 565 g/mol. The zero-order valence-electron chi connectivity index (χ0n) is 25.4. The van der Waals surface area contributed by atoms with E-state index >= 15 is 0 Å². The van der Waals surface area contributed by atoms with Crippen LogP contribution in [0, 0.1) is 11.8 Å². The molecule has 2 N–H and O–H groups in total. The molecule has 0 radical (unpaired) electrons. The van der Waals surface area contributed by atoms with Crippen LogP contribution in [0.2, 0.25) is 0 Å². The monoisotopic (exact) mass is 612 g/mol. The van der Waals surface area contributed by atoms with Crippen molar-refractivity contribution >= 4 is 11.9 Å². The van der Waals surface area contributed by atoms with Crippen LogP contribution >= 0.6 is 0 Å². The largest absolute Gasteiger partial charge is 0.489 e. The highest BCUT2D eigenvalue weighted by atomic mass is 19.4. The zero-order chi connectivity index (χ0) is 31.8. The van der Waals surface area contributed by atoms with Gasteiger partial charge in [-0.15, -0.1) is 0 Å². The first kappa shape index (κ1) is 36.3. The van der Waals surface area contributed by atoms with Gasteiger partial charge in [-0.05, 0) is 69.7 Å². The van der Waals surface area contributed by atoms with Gasteiger partial charge in [0.05, 0.1) is 23.9 Å². The average molecular weight is 613 g/mol. The maximum absolute atomic E-state index is 13.1. The molecule has 0 spiro atoms. The SMILES string of the molecule is CCCCCCC(=O)O[C@H](/C=C/[C@@H]1[C@@H](C/C=C\CCCC(=O)OC(C)C)[C@@H](O)C[C@H]1O)COc1cccc(C(F)(F)F)c1. The molecule has 1 saturated carbocycles. The lowest BCUT2D eigenvalue weighted by atomic mass is 9.89. The standard InChI is InChI=1S/C33H47F3O7/c1-4-5-6-10-17-32(40)43-26(22-41-25-14-12-13-24(20-25)33(34,35)36)18-19-28-27(29(37)21-30(28)38)15-9-7-8-11-16-31(39)42-23(2)3/h7,9,12-14,18-20,23,26-30,37-38H,4-6,8,10-11,15-17,21-22H2,1-3H3/b9-7-,19-18+/t26-,27-,28-,29+,30-/m1/s1. The first-order valence-corrected chi connectivity index (χ1v) is 15.3.